The van der Waals surface area contributed by atoms with Crippen molar-refractivity contribution in [1.82, 2.24) is 9.97 Å². The van der Waals surface area contributed by atoms with E-state index in [-0.39, 0.29) is 0 Å². The summed E-state index contributed by atoms with van der Waals surface area (Å²) in [5.74, 6) is 2.20. The standard InChI is InChI=1S/C16H26ClN3/c1-5-20(13-9-7-6-8-10-13)16-12(4)14(17)18-15(19-16)11(2)3/h11,13H,5-10H2,1-4H3. The van der Waals surface area contributed by atoms with Gasteiger partial charge in [-0.1, -0.05) is 44.7 Å². The van der Waals surface area contributed by atoms with Crippen LogP contribution in [0.4, 0.5) is 5.82 Å². The minimum atomic E-state index is 0.303. The molecule has 0 unspecified atom stereocenters. The normalized spacial score (nSPS) is 16.7. The third-order valence-electron chi connectivity index (χ3n) is 4.22. The Balaban J connectivity index is 2.37. The molecule has 0 atom stereocenters. The molecule has 1 saturated carbocycles. The lowest BCUT2D eigenvalue weighted by atomic mass is 9.94. The van der Waals surface area contributed by atoms with Gasteiger partial charge in [-0.05, 0) is 26.7 Å². The molecule has 3 nitrogen and oxygen atoms in total. The number of hydrogen-bond acceptors (Lipinski definition) is 3. The van der Waals surface area contributed by atoms with Crippen molar-refractivity contribution < 1.29 is 0 Å². The summed E-state index contributed by atoms with van der Waals surface area (Å²) in [5.41, 5.74) is 1.02. The van der Waals surface area contributed by atoms with Crippen LogP contribution in [0.1, 0.15) is 70.2 Å². The zero-order chi connectivity index (χ0) is 14.7. The first-order valence-electron chi connectivity index (χ1n) is 7.85. The molecular weight excluding hydrogens is 270 g/mol. The average Bonchev–Trinajstić information content (AvgIpc) is 2.45. The molecule has 1 fully saturated rings. The molecule has 112 valence electrons. The SMILES string of the molecule is CCN(c1nc(C(C)C)nc(Cl)c1C)C1CCCCC1. The summed E-state index contributed by atoms with van der Waals surface area (Å²) < 4.78 is 0. The third kappa shape index (κ3) is 3.25. The molecule has 0 bridgehead atoms. The predicted octanol–water partition coefficient (Wildman–Crippen LogP) is 4.72. The molecule has 1 aromatic heterocycles. The summed E-state index contributed by atoms with van der Waals surface area (Å²) >= 11 is 6.33. The third-order valence-corrected chi connectivity index (χ3v) is 4.59. The second kappa shape index (κ2) is 6.75. The van der Waals surface area contributed by atoms with E-state index >= 15 is 0 Å². The molecule has 0 aromatic carbocycles. The first-order valence-corrected chi connectivity index (χ1v) is 8.23. The molecule has 20 heavy (non-hydrogen) atoms. The van der Waals surface area contributed by atoms with Gasteiger partial charge in [-0.25, -0.2) is 9.97 Å². The largest absolute Gasteiger partial charge is 0.354 e. The van der Waals surface area contributed by atoms with Crippen molar-refractivity contribution in [2.45, 2.75) is 71.8 Å². The fourth-order valence-electron chi connectivity index (χ4n) is 3.01. The first kappa shape index (κ1) is 15.6. The summed E-state index contributed by atoms with van der Waals surface area (Å²) in [5, 5.41) is 0.605. The lowest BCUT2D eigenvalue weighted by molar-refractivity contribution is 0.415. The van der Waals surface area contributed by atoms with Gasteiger partial charge in [0.05, 0.1) is 0 Å². The Hall–Kier alpha value is -0.830. The van der Waals surface area contributed by atoms with Gasteiger partial charge in [0.2, 0.25) is 0 Å². The molecular formula is C16H26ClN3. The molecule has 1 aliphatic carbocycles. The van der Waals surface area contributed by atoms with Crippen molar-refractivity contribution in [3.05, 3.63) is 16.5 Å². The van der Waals surface area contributed by atoms with Crippen molar-refractivity contribution in [1.29, 1.82) is 0 Å². The van der Waals surface area contributed by atoms with Gasteiger partial charge in [0.15, 0.2) is 0 Å². The zero-order valence-electron chi connectivity index (χ0n) is 13.1. The summed E-state index contributed by atoms with van der Waals surface area (Å²) in [6.45, 7) is 9.45. The highest BCUT2D eigenvalue weighted by molar-refractivity contribution is 6.30. The van der Waals surface area contributed by atoms with Crippen LogP contribution in [0.25, 0.3) is 0 Å². The average molecular weight is 296 g/mol. The number of nitrogens with zero attached hydrogens (tertiary/aromatic N) is 3. The zero-order valence-corrected chi connectivity index (χ0v) is 13.9. The quantitative estimate of drug-likeness (QED) is 0.753. The van der Waals surface area contributed by atoms with Crippen LogP contribution >= 0.6 is 11.6 Å². The lowest BCUT2D eigenvalue weighted by Gasteiger charge is -2.35. The van der Waals surface area contributed by atoms with Crippen molar-refractivity contribution in [2.75, 3.05) is 11.4 Å². The molecule has 0 spiro atoms. The number of rotatable bonds is 4. The second-order valence-corrected chi connectivity index (χ2v) is 6.41. The van der Waals surface area contributed by atoms with E-state index in [2.05, 4.69) is 30.7 Å². The van der Waals surface area contributed by atoms with E-state index in [0.717, 1.165) is 23.8 Å². The Labute approximate surface area is 127 Å². The number of hydrogen-bond donors (Lipinski definition) is 0. The minimum Gasteiger partial charge on any atom is -0.354 e. The molecule has 1 aliphatic rings. The van der Waals surface area contributed by atoms with E-state index in [0.29, 0.717) is 17.1 Å². The fourth-order valence-corrected chi connectivity index (χ4v) is 3.18. The molecule has 1 aromatic rings. The van der Waals surface area contributed by atoms with Crippen LogP contribution in [0.5, 0.6) is 0 Å². The van der Waals surface area contributed by atoms with Crippen molar-refractivity contribution in [3.8, 4) is 0 Å². The molecule has 1 heterocycles. The molecule has 0 saturated heterocycles. The van der Waals surface area contributed by atoms with Gasteiger partial charge in [0, 0.05) is 24.1 Å². The van der Waals surface area contributed by atoms with Gasteiger partial charge in [-0.15, -0.1) is 0 Å². The van der Waals surface area contributed by atoms with E-state index in [9.17, 15) is 0 Å². The molecule has 2 rings (SSSR count). The van der Waals surface area contributed by atoms with E-state index in [1.807, 2.05) is 6.92 Å². The van der Waals surface area contributed by atoms with Crippen LogP contribution in [0.15, 0.2) is 0 Å². The fraction of sp³-hybridized carbons (Fsp3) is 0.750. The predicted molar refractivity (Wildman–Crippen MR) is 85.8 cm³/mol. The van der Waals surface area contributed by atoms with Crippen molar-refractivity contribution in [3.63, 3.8) is 0 Å². The monoisotopic (exact) mass is 295 g/mol. The van der Waals surface area contributed by atoms with Crippen molar-refractivity contribution in [2.24, 2.45) is 0 Å². The highest BCUT2D eigenvalue weighted by Gasteiger charge is 2.24. The van der Waals surface area contributed by atoms with E-state index < -0.39 is 0 Å². The summed E-state index contributed by atoms with van der Waals surface area (Å²) in [7, 11) is 0. The molecule has 0 N–H and O–H groups in total. The second-order valence-electron chi connectivity index (χ2n) is 6.05. The maximum absolute atomic E-state index is 6.33. The summed E-state index contributed by atoms with van der Waals surface area (Å²) in [6, 6.07) is 0.610. The smallest absolute Gasteiger partial charge is 0.137 e. The van der Waals surface area contributed by atoms with Crippen LogP contribution in [-0.4, -0.2) is 22.6 Å². The van der Waals surface area contributed by atoms with Crippen LogP contribution in [0, 0.1) is 6.92 Å². The van der Waals surface area contributed by atoms with E-state index in [1.54, 1.807) is 0 Å². The summed E-state index contributed by atoms with van der Waals surface area (Å²) in [4.78, 5) is 11.7. The van der Waals surface area contributed by atoms with Gasteiger partial charge in [-0.3, -0.25) is 0 Å². The Kier molecular flexibility index (Phi) is 5.25. The van der Waals surface area contributed by atoms with E-state index in [4.69, 9.17) is 16.6 Å². The van der Waals surface area contributed by atoms with Gasteiger partial charge in [0.25, 0.3) is 0 Å². The van der Waals surface area contributed by atoms with Crippen LogP contribution in [0.2, 0.25) is 5.15 Å². The van der Waals surface area contributed by atoms with Crippen LogP contribution in [-0.2, 0) is 0 Å². The van der Waals surface area contributed by atoms with Crippen LogP contribution in [0.3, 0.4) is 0 Å². The molecule has 0 aliphatic heterocycles. The van der Waals surface area contributed by atoms with E-state index in [1.165, 1.54) is 32.1 Å². The summed E-state index contributed by atoms with van der Waals surface area (Å²) in [6.07, 6.45) is 6.57. The number of halogens is 1. The molecule has 0 amide bonds. The Bertz CT molecular complexity index is 453. The van der Waals surface area contributed by atoms with Gasteiger partial charge < -0.3 is 4.90 Å². The minimum absolute atomic E-state index is 0.303. The number of aromatic nitrogens is 2. The maximum atomic E-state index is 6.33. The highest BCUT2D eigenvalue weighted by atomic mass is 35.5. The van der Waals surface area contributed by atoms with Crippen LogP contribution < -0.4 is 4.90 Å². The topological polar surface area (TPSA) is 29.0 Å². The molecule has 0 radical (unpaired) electrons. The Morgan fingerprint density at radius 1 is 1.20 bits per heavy atom. The Morgan fingerprint density at radius 3 is 2.40 bits per heavy atom. The first-order chi connectivity index (χ1) is 9.54. The van der Waals surface area contributed by atoms with Crippen molar-refractivity contribution >= 4 is 17.4 Å². The molecule has 4 heteroatoms. The number of anilines is 1. The van der Waals surface area contributed by atoms with Gasteiger partial charge in [0.1, 0.15) is 16.8 Å². The Morgan fingerprint density at radius 2 is 1.85 bits per heavy atom. The van der Waals surface area contributed by atoms with Gasteiger partial charge in [-0.2, -0.15) is 0 Å². The van der Waals surface area contributed by atoms with Gasteiger partial charge >= 0.3 is 0 Å². The highest BCUT2D eigenvalue weighted by Crippen LogP contribution is 2.31. The lowest BCUT2D eigenvalue weighted by Crippen LogP contribution is -2.38. The maximum Gasteiger partial charge on any atom is 0.137 e.